The van der Waals surface area contributed by atoms with Gasteiger partial charge in [-0.15, -0.1) is 0 Å². The van der Waals surface area contributed by atoms with Gasteiger partial charge in [-0.3, -0.25) is 10.1 Å². The number of rotatable bonds is 4. The molecule has 1 aliphatic carbocycles. The van der Waals surface area contributed by atoms with Gasteiger partial charge in [0.15, 0.2) is 5.16 Å². The highest BCUT2D eigenvalue weighted by atomic mass is 32.2. The molecule has 2 N–H and O–H groups in total. The molecule has 1 fully saturated rings. The van der Waals surface area contributed by atoms with Gasteiger partial charge in [-0.2, -0.15) is 13.2 Å². The minimum atomic E-state index is -4.58. The summed E-state index contributed by atoms with van der Waals surface area (Å²) < 4.78 is 37.6. The zero-order valence-electron chi connectivity index (χ0n) is 11.5. The molecule has 0 aromatic carbocycles. The number of hydrogen-bond acceptors (Lipinski definition) is 5. The van der Waals surface area contributed by atoms with E-state index in [1.807, 2.05) is 0 Å². The third kappa shape index (κ3) is 4.86. The van der Waals surface area contributed by atoms with Crippen LogP contribution in [0.3, 0.4) is 0 Å². The van der Waals surface area contributed by atoms with Crippen molar-refractivity contribution in [2.45, 2.75) is 42.4 Å². The van der Waals surface area contributed by atoms with E-state index in [9.17, 15) is 22.8 Å². The zero-order valence-corrected chi connectivity index (χ0v) is 12.3. The molecule has 0 radical (unpaired) electrons. The maximum atomic E-state index is 12.5. The maximum Gasteiger partial charge on any atom is 0.433 e. The van der Waals surface area contributed by atoms with Gasteiger partial charge in [-0.25, -0.2) is 14.8 Å². The molecule has 1 saturated carbocycles. The minimum absolute atomic E-state index is 0.0996. The van der Waals surface area contributed by atoms with E-state index in [4.69, 9.17) is 0 Å². The average molecular weight is 334 g/mol. The van der Waals surface area contributed by atoms with Crippen LogP contribution >= 0.6 is 11.8 Å². The van der Waals surface area contributed by atoms with E-state index in [1.165, 1.54) is 6.92 Å². The summed E-state index contributed by atoms with van der Waals surface area (Å²) in [5.41, 5.74) is -1.08. The van der Waals surface area contributed by atoms with E-state index < -0.39 is 29.1 Å². The Bertz CT molecular complexity index is 578. The van der Waals surface area contributed by atoms with E-state index in [-0.39, 0.29) is 11.2 Å². The molecule has 1 aromatic rings. The summed E-state index contributed by atoms with van der Waals surface area (Å²) >= 11 is 0.744. The number of imide groups is 1. The monoisotopic (exact) mass is 334 g/mol. The van der Waals surface area contributed by atoms with Crippen LogP contribution in [-0.2, 0) is 11.0 Å². The predicted molar refractivity (Wildman–Crippen MR) is 72.0 cm³/mol. The summed E-state index contributed by atoms with van der Waals surface area (Å²) in [6.45, 7) is 1.45. The molecular formula is C12H13F3N4O2S. The van der Waals surface area contributed by atoms with Crippen molar-refractivity contribution < 1.29 is 22.8 Å². The van der Waals surface area contributed by atoms with Crippen molar-refractivity contribution in [1.29, 1.82) is 0 Å². The molecule has 2 rings (SSSR count). The number of amides is 3. The number of halogens is 3. The number of carbonyl (C=O) groups is 2. The van der Waals surface area contributed by atoms with Crippen LogP contribution in [0.4, 0.5) is 18.0 Å². The molecule has 0 aliphatic heterocycles. The molecule has 0 saturated heterocycles. The van der Waals surface area contributed by atoms with E-state index in [0.717, 1.165) is 36.9 Å². The molecule has 6 nitrogen and oxygen atoms in total. The summed E-state index contributed by atoms with van der Waals surface area (Å²) in [5.74, 6) is -0.621. The predicted octanol–water partition coefficient (Wildman–Crippen LogP) is 1.96. The minimum Gasteiger partial charge on any atom is -0.335 e. The molecule has 22 heavy (non-hydrogen) atoms. The van der Waals surface area contributed by atoms with Gasteiger partial charge < -0.3 is 5.32 Å². The Morgan fingerprint density at radius 2 is 2.09 bits per heavy atom. The molecule has 10 heteroatoms. The first-order chi connectivity index (χ1) is 10.3. The van der Waals surface area contributed by atoms with Gasteiger partial charge in [-0.05, 0) is 25.8 Å². The fraction of sp³-hybridized carbons (Fsp3) is 0.500. The second-order valence-corrected chi connectivity index (χ2v) is 6.03. The van der Waals surface area contributed by atoms with Crippen molar-refractivity contribution in [2.75, 3.05) is 0 Å². The second-order valence-electron chi connectivity index (χ2n) is 4.72. The fourth-order valence-electron chi connectivity index (χ4n) is 1.43. The number of nitrogens with one attached hydrogen (secondary N) is 2. The topological polar surface area (TPSA) is 84.0 Å². The molecule has 1 atom stereocenters. The lowest BCUT2D eigenvalue weighted by Crippen LogP contribution is -2.43. The number of urea groups is 1. The largest absolute Gasteiger partial charge is 0.433 e. The van der Waals surface area contributed by atoms with Gasteiger partial charge >= 0.3 is 12.2 Å². The standard InChI is InChI=1S/C12H13F3N4O2S/c1-6(9(20)19-10(21)17-7-2-3-7)22-11-16-5-4-8(18-11)12(13,14)15/h4-7H,2-3H2,1H3,(H2,17,19,20,21)/t6-/m0/s1. The van der Waals surface area contributed by atoms with E-state index >= 15 is 0 Å². The van der Waals surface area contributed by atoms with Crippen LogP contribution in [0.1, 0.15) is 25.5 Å². The molecule has 0 spiro atoms. The Labute approximate surface area is 128 Å². The van der Waals surface area contributed by atoms with E-state index in [2.05, 4.69) is 20.6 Å². The fourth-order valence-corrected chi connectivity index (χ4v) is 2.18. The van der Waals surface area contributed by atoms with Crippen LogP contribution in [0, 0.1) is 0 Å². The lowest BCUT2D eigenvalue weighted by molar-refractivity contribution is -0.141. The van der Waals surface area contributed by atoms with Gasteiger partial charge in [0.1, 0.15) is 5.69 Å². The SMILES string of the molecule is C[C@H](Sc1nccc(C(F)(F)F)n1)C(=O)NC(=O)NC1CC1. The van der Waals surface area contributed by atoms with Crippen molar-refractivity contribution in [2.24, 2.45) is 0 Å². The van der Waals surface area contributed by atoms with Crippen LogP contribution in [0.15, 0.2) is 17.4 Å². The van der Waals surface area contributed by atoms with Crippen LogP contribution in [0.2, 0.25) is 0 Å². The lowest BCUT2D eigenvalue weighted by atomic mass is 10.4. The van der Waals surface area contributed by atoms with Crippen molar-refractivity contribution in [3.8, 4) is 0 Å². The summed E-state index contributed by atoms with van der Waals surface area (Å²) in [7, 11) is 0. The summed E-state index contributed by atoms with van der Waals surface area (Å²) in [5, 5.41) is 3.71. The zero-order chi connectivity index (χ0) is 16.3. The van der Waals surface area contributed by atoms with Crippen molar-refractivity contribution in [3.63, 3.8) is 0 Å². The second kappa shape index (κ2) is 6.51. The third-order valence-electron chi connectivity index (χ3n) is 2.72. The molecule has 1 heterocycles. The molecular weight excluding hydrogens is 321 g/mol. The Morgan fingerprint density at radius 1 is 1.41 bits per heavy atom. The molecule has 3 amide bonds. The first kappa shape index (κ1) is 16.5. The number of hydrogen-bond donors (Lipinski definition) is 2. The number of thioether (sulfide) groups is 1. The Hall–Kier alpha value is -1.84. The quantitative estimate of drug-likeness (QED) is 0.650. The van der Waals surface area contributed by atoms with Crippen LogP contribution < -0.4 is 10.6 Å². The first-order valence-electron chi connectivity index (χ1n) is 6.44. The number of nitrogens with zero attached hydrogens (tertiary/aromatic N) is 2. The van der Waals surface area contributed by atoms with Crippen molar-refractivity contribution in [3.05, 3.63) is 18.0 Å². The Morgan fingerprint density at radius 3 is 2.68 bits per heavy atom. The average Bonchev–Trinajstić information content (AvgIpc) is 3.21. The summed E-state index contributed by atoms with van der Waals surface area (Å²) in [4.78, 5) is 30.2. The van der Waals surface area contributed by atoms with Crippen LogP contribution in [0.5, 0.6) is 0 Å². The summed E-state index contributed by atoms with van der Waals surface area (Å²) in [6, 6.07) is 0.241. The Kier molecular flexibility index (Phi) is 4.89. The van der Waals surface area contributed by atoms with Gasteiger partial charge in [-0.1, -0.05) is 11.8 Å². The van der Waals surface area contributed by atoms with Gasteiger partial charge in [0.25, 0.3) is 0 Å². The number of aromatic nitrogens is 2. The first-order valence-corrected chi connectivity index (χ1v) is 7.32. The molecule has 1 aliphatic rings. The van der Waals surface area contributed by atoms with E-state index in [1.54, 1.807) is 0 Å². The van der Waals surface area contributed by atoms with Gasteiger partial charge in [0.05, 0.1) is 5.25 Å². The highest BCUT2D eigenvalue weighted by molar-refractivity contribution is 8.00. The van der Waals surface area contributed by atoms with Gasteiger partial charge in [0, 0.05) is 12.2 Å². The normalized spacial score (nSPS) is 16.0. The van der Waals surface area contributed by atoms with E-state index in [0.29, 0.717) is 0 Å². The highest BCUT2D eigenvalue weighted by Gasteiger charge is 2.33. The molecule has 0 unspecified atom stereocenters. The summed E-state index contributed by atoms with van der Waals surface area (Å²) in [6.07, 6.45) is -1.84. The molecule has 1 aromatic heterocycles. The van der Waals surface area contributed by atoms with Crippen LogP contribution in [0.25, 0.3) is 0 Å². The molecule has 0 bridgehead atoms. The molecule has 120 valence electrons. The third-order valence-corrected chi connectivity index (χ3v) is 3.70. The van der Waals surface area contributed by atoms with Crippen LogP contribution in [-0.4, -0.2) is 33.2 Å². The number of alkyl halides is 3. The Balaban J connectivity index is 1.91. The number of carbonyl (C=O) groups excluding carboxylic acids is 2. The smallest absolute Gasteiger partial charge is 0.335 e. The highest BCUT2D eigenvalue weighted by Crippen LogP contribution is 2.29. The van der Waals surface area contributed by atoms with Crippen molar-refractivity contribution >= 4 is 23.7 Å². The lowest BCUT2D eigenvalue weighted by Gasteiger charge is -2.11. The maximum absolute atomic E-state index is 12.5. The van der Waals surface area contributed by atoms with Crippen molar-refractivity contribution in [1.82, 2.24) is 20.6 Å². The van der Waals surface area contributed by atoms with Gasteiger partial charge in [0.2, 0.25) is 5.91 Å².